The number of benzene rings is 1. The van der Waals surface area contributed by atoms with Crippen LogP contribution in [0.15, 0.2) is 28.2 Å². The van der Waals surface area contributed by atoms with Crippen LogP contribution in [-0.4, -0.2) is 26.4 Å². The molecule has 4 N–H and O–H groups in total. The molecule has 2 aromatic rings. The number of hydrogen-bond donors (Lipinski definition) is 3. The van der Waals surface area contributed by atoms with Crippen LogP contribution in [0.25, 0.3) is 0 Å². The molecule has 21 heavy (non-hydrogen) atoms. The molecule has 8 heteroatoms. The van der Waals surface area contributed by atoms with Crippen LogP contribution in [0.2, 0.25) is 0 Å². The number of thioether (sulfide) groups is 1. The minimum Gasteiger partial charge on any atom is -0.399 e. The topological polar surface area (TPSA) is 106 Å². The van der Waals surface area contributed by atoms with Gasteiger partial charge in [0.05, 0.1) is 5.75 Å². The number of rotatable bonds is 5. The summed E-state index contributed by atoms with van der Waals surface area (Å²) in [5, 5.41) is 9.57. The molecule has 0 saturated carbocycles. The summed E-state index contributed by atoms with van der Waals surface area (Å²) in [6.07, 6.45) is 0. The van der Waals surface area contributed by atoms with Crippen molar-refractivity contribution in [3.63, 3.8) is 0 Å². The Labute approximate surface area is 125 Å². The van der Waals surface area contributed by atoms with Crippen molar-refractivity contribution in [2.24, 2.45) is 0 Å². The second-order valence-electron chi connectivity index (χ2n) is 4.47. The Morgan fingerprint density at radius 1 is 1.52 bits per heavy atom. The molecule has 2 rings (SSSR count). The monoisotopic (exact) mass is 307 g/mol. The fourth-order valence-corrected chi connectivity index (χ4v) is 2.65. The molecule has 0 aliphatic heterocycles. The molecule has 0 unspecified atom stereocenters. The van der Waals surface area contributed by atoms with Crippen molar-refractivity contribution in [2.75, 3.05) is 16.8 Å². The fraction of sp³-hybridized carbons (Fsp3) is 0.308. The predicted octanol–water partition coefficient (Wildman–Crippen LogP) is 1.21. The Bertz CT molecular complexity index is 707. The van der Waals surface area contributed by atoms with E-state index < -0.39 is 0 Å². The van der Waals surface area contributed by atoms with Gasteiger partial charge in [-0.2, -0.15) is 0 Å². The van der Waals surface area contributed by atoms with Crippen LogP contribution < -0.4 is 16.7 Å². The molecule has 0 atom stereocenters. The molecule has 0 radical (unpaired) electrons. The Hall–Kier alpha value is -2.22. The number of nitrogens with one attached hydrogen (secondary N) is 2. The first kappa shape index (κ1) is 15.2. The lowest BCUT2D eigenvalue weighted by Crippen LogP contribution is -2.18. The van der Waals surface area contributed by atoms with Crippen LogP contribution in [0.1, 0.15) is 12.5 Å². The van der Waals surface area contributed by atoms with E-state index in [1.54, 1.807) is 18.2 Å². The van der Waals surface area contributed by atoms with E-state index in [0.29, 0.717) is 17.4 Å². The summed E-state index contributed by atoms with van der Waals surface area (Å²) in [4.78, 5) is 23.3. The number of H-pyrrole nitrogens is 1. The van der Waals surface area contributed by atoms with Gasteiger partial charge in [-0.1, -0.05) is 11.8 Å². The predicted molar refractivity (Wildman–Crippen MR) is 83.5 cm³/mol. The summed E-state index contributed by atoms with van der Waals surface area (Å²) in [5.41, 5.74) is 7.68. The van der Waals surface area contributed by atoms with Crippen molar-refractivity contribution >= 4 is 29.0 Å². The fourth-order valence-electron chi connectivity index (χ4n) is 1.84. The van der Waals surface area contributed by atoms with E-state index in [2.05, 4.69) is 15.5 Å². The number of nitrogens with two attached hydrogens (primary N) is 1. The molecule has 0 aliphatic carbocycles. The third-order valence-corrected chi connectivity index (χ3v) is 3.87. The van der Waals surface area contributed by atoms with Crippen LogP contribution in [0.4, 0.5) is 11.4 Å². The van der Waals surface area contributed by atoms with Crippen molar-refractivity contribution in [3.8, 4) is 0 Å². The van der Waals surface area contributed by atoms with Crippen molar-refractivity contribution in [3.05, 3.63) is 34.2 Å². The molecular weight excluding hydrogens is 290 g/mol. The van der Waals surface area contributed by atoms with E-state index in [0.717, 1.165) is 11.3 Å². The SMILES string of the molecule is CCn1c(SCC(=O)Nc2ccc(N)cc2C)n[nH]c1=O. The molecule has 112 valence electrons. The van der Waals surface area contributed by atoms with Gasteiger partial charge in [-0.15, -0.1) is 5.10 Å². The maximum Gasteiger partial charge on any atom is 0.343 e. The number of nitrogen functional groups attached to an aromatic ring is 1. The smallest absolute Gasteiger partial charge is 0.343 e. The highest BCUT2D eigenvalue weighted by Crippen LogP contribution is 2.19. The first-order valence-electron chi connectivity index (χ1n) is 6.45. The zero-order chi connectivity index (χ0) is 15.4. The summed E-state index contributed by atoms with van der Waals surface area (Å²) in [6.45, 7) is 4.23. The molecular formula is C13H17N5O2S. The maximum absolute atomic E-state index is 11.9. The average molecular weight is 307 g/mol. The van der Waals surface area contributed by atoms with Crippen LogP contribution in [0, 0.1) is 6.92 Å². The molecule has 0 fully saturated rings. The summed E-state index contributed by atoms with van der Waals surface area (Å²) in [7, 11) is 0. The van der Waals surface area contributed by atoms with Crippen molar-refractivity contribution < 1.29 is 4.79 Å². The molecule has 1 amide bonds. The van der Waals surface area contributed by atoms with Gasteiger partial charge in [0.1, 0.15) is 0 Å². The summed E-state index contributed by atoms with van der Waals surface area (Å²) in [6, 6.07) is 5.30. The normalized spacial score (nSPS) is 10.6. The van der Waals surface area contributed by atoms with Crippen molar-refractivity contribution in [1.82, 2.24) is 14.8 Å². The van der Waals surface area contributed by atoms with Crippen LogP contribution in [-0.2, 0) is 11.3 Å². The third-order valence-electron chi connectivity index (χ3n) is 2.90. The summed E-state index contributed by atoms with van der Waals surface area (Å²) < 4.78 is 1.48. The van der Waals surface area contributed by atoms with Crippen LogP contribution in [0.3, 0.4) is 0 Å². The minimum absolute atomic E-state index is 0.161. The molecule has 0 aliphatic rings. The van der Waals surface area contributed by atoms with Gasteiger partial charge in [0.25, 0.3) is 0 Å². The lowest BCUT2D eigenvalue weighted by molar-refractivity contribution is -0.113. The number of amides is 1. The van der Waals surface area contributed by atoms with Gasteiger partial charge in [0.15, 0.2) is 5.16 Å². The number of aryl methyl sites for hydroxylation is 1. The molecule has 0 saturated heterocycles. The number of nitrogens with zero attached hydrogens (tertiary/aromatic N) is 2. The first-order chi connectivity index (χ1) is 10.0. The molecule has 1 heterocycles. The van der Waals surface area contributed by atoms with Crippen LogP contribution >= 0.6 is 11.8 Å². The Morgan fingerprint density at radius 2 is 2.29 bits per heavy atom. The number of aromatic nitrogens is 3. The second kappa shape index (κ2) is 6.49. The van der Waals surface area contributed by atoms with E-state index >= 15 is 0 Å². The van der Waals surface area contributed by atoms with E-state index in [1.807, 2.05) is 13.8 Å². The number of anilines is 2. The number of carbonyl (C=O) groups is 1. The van der Waals surface area contributed by atoms with Gasteiger partial charge in [-0.05, 0) is 37.6 Å². The molecule has 0 bridgehead atoms. The number of carbonyl (C=O) groups excluding carboxylic acids is 1. The van der Waals surface area contributed by atoms with Gasteiger partial charge in [-0.25, -0.2) is 9.89 Å². The van der Waals surface area contributed by atoms with E-state index in [-0.39, 0.29) is 17.3 Å². The minimum atomic E-state index is -0.269. The molecule has 1 aromatic heterocycles. The molecule has 1 aromatic carbocycles. The summed E-state index contributed by atoms with van der Waals surface area (Å²) >= 11 is 1.21. The van der Waals surface area contributed by atoms with Gasteiger partial charge < -0.3 is 11.1 Å². The van der Waals surface area contributed by atoms with Gasteiger partial charge >= 0.3 is 5.69 Å². The zero-order valence-corrected chi connectivity index (χ0v) is 12.7. The number of aromatic amines is 1. The third kappa shape index (κ3) is 3.66. The molecule has 0 spiro atoms. The second-order valence-corrected chi connectivity index (χ2v) is 5.41. The Kier molecular flexibility index (Phi) is 4.69. The van der Waals surface area contributed by atoms with Gasteiger partial charge in [0.2, 0.25) is 5.91 Å². The van der Waals surface area contributed by atoms with E-state index in [4.69, 9.17) is 5.73 Å². The largest absolute Gasteiger partial charge is 0.399 e. The standard InChI is InChI=1S/C13H17N5O2S/c1-3-18-12(20)16-17-13(18)21-7-11(19)15-10-5-4-9(14)6-8(10)2/h4-6H,3,7,14H2,1-2H3,(H,15,19)(H,16,20). The van der Waals surface area contributed by atoms with Crippen LogP contribution in [0.5, 0.6) is 0 Å². The zero-order valence-electron chi connectivity index (χ0n) is 11.8. The number of hydrogen-bond acceptors (Lipinski definition) is 5. The maximum atomic E-state index is 11.9. The van der Waals surface area contributed by atoms with Crippen molar-refractivity contribution in [1.29, 1.82) is 0 Å². The summed E-state index contributed by atoms with van der Waals surface area (Å²) in [5.74, 6) is 0.0136. The lowest BCUT2D eigenvalue weighted by Gasteiger charge is -2.08. The highest BCUT2D eigenvalue weighted by molar-refractivity contribution is 7.99. The highest BCUT2D eigenvalue weighted by Gasteiger charge is 2.11. The van der Waals surface area contributed by atoms with Gasteiger partial charge in [-0.3, -0.25) is 9.36 Å². The Balaban J connectivity index is 1.97. The quantitative estimate of drug-likeness (QED) is 0.569. The van der Waals surface area contributed by atoms with Gasteiger partial charge in [0, 0.05) is 17.9 Å². The van der Waals surface area contributed by atoms with Crippen molar-refractivity contribution in [2.45, 2.75) is 25.5 Å². The average Bonchev–Trinajstić information content (AvgIpc) is 2.80. The van der Waals surface area contributed by atoms with E-state index in [1.165, 1.54) is 16.3 Å². The molecule has 7 nitrogen and oxygen atoms in total. The van der Waals surface area contributed by atoms with E-state index in [9.17, 15) is 9.59 Å². The Morgan fingerprint density at radius 3 is 2.95 bits per heavy atom. The lowest BCUT2D eigenvalue weighted by atomic mass is 10.2. The first-order valence-corrected chi connectivity index (χ1v) is 7.43. The highest BCUT2D eigenvalue weighted by atomic mass is 32.2.